The lowest BCUT2D eigenvalue weighted by atomic mass is 10.00. The van der Waals surface area contributed by atoms with E-state index in [-0.39, 0.29) is 0 Å². The number of nitrogens with zero attached hydrogens (tertiary/aromatic N) is 5. The minimum atomic E-state index is 0.662. The predicted octanol–water partition coefficient (Wildman–Crippen LogP) is 13.9. The fourth-order valence-electron chi connectivity index (χ4n) is 9.99. The number of hydrogen-bond donors (Lipinski definition) is 0. The van der Waals surface area contributed by atoms with Gasteiger partial charge in [0.1, 0.15) is 0 Å². The lowest BCUT2D eigenvalue weighted by Crippen LogP contribution is -2.06. The Morgan fingerprint density at radius 1 is 0.379 bits per heavy atom. The molecule has 268 valence electrons. The molecule has 0 fully saturated rings. The maximum Gasteiger partial charge on any atom is 0.237 e. The van der Waals surface area contributed by atoms with Crippen LogP contribution in [0.3, 0.4) is 0 Å². The van der Waals surface area contributed by atoms with Crippen LogP contribution in [0.15, 0.2) is 176 Å². The Labute approximate surface area is 334 Å². The average Bonchev–Trinajstić information content (AvgIpc) is 4.08. The fourth-order valence-corrected chi connectivity index (χ4v) is 11.1. The molecular formula is C52H29N5S. The van der Waals surface area contributed by atoms with Crippen LogP contribution in [-0.4, -0.2) is 23.5 Å². The molecule has 6 heteroatoms. The van der Waals surface area contributed by atoms with Crippen molar-refractivity contribution in [1.82, 2.24) is 23.5 Å². The summed E-state index contributed by atoms with van der Waals surface area (Å²) in [6, 6.07) is 63.7. The molecule has 0 saturated carbocycles. The molecule has 6 aromatic heterocycles. The van der Waals surface area contributed by atoms with Crippen LogP contribution >= 0.6 is 11.3 Å². The average molecular weight is 756 g/mol. The Kier molecular flexibility index (Phi) is 5.85. The van der Waals surface area contributed by atoms with Crippen molar-refractivity contribution in [3.8, 4) is 22.9 Å². The molecule has 0 saturated heterocycles. The van der Waals surface area contributed by atoms with E-state index >= 15 is 0 Å². The van der Waals surface area contributed by atoms with E-state index in [4.69, 9.17) is 9.97 Å². The van der Waals surface area contributed by atoms with Crippen molar-refractivity contribution in [3.05, 3.63) is 176 Å². The minimum Gasteiger partial charge on any atom is -0.308 e. The monoisotopic (exact) mass is 755 g/mol. The van der Waals surface area contributed by atoms with Crippen molar-refractivity contribution in [1.29, 1.82) is 0 Å². The third kappa shape index (κ3) is 3.85. The van der Waals surface area contributed by atoms with Crippen LogP contribution in [0.5, 0.6) is 0 Å². The summed E-state index contributed by atoms with van der Waals surface area (Å²) >= 11 is 1.78. The van der Waals surface area contributed by atoms with E-state index in [1.165, 1.54) is 75.5 Å². The highest BCUT2D eigenvalue weighted by atomic mass is 32.1. The first-order valence-electron chi connectivity index (χ1n) is 19.7. The second-order valence-electron chi connectivity index (χ2n) is 15.3. The van der Waals surface area contributed by atoms with Gasteiger partial charge in [0.2, 0.25) is 5.95 Å². The van der Waals surface area contributed by atoms with Crippen LogP contribution in [0, 0.1) is 0 Å². The Morgan fingerprint density at radius 3 is 1.69 bits per heavy atom. The molecule has 0 aliphatic rings. The van der Waals surface area contributed by atoms with Gasteiger partial charge in [-0.3, -0.25) is 9.13 Å². The van der Waals surface area contributed by atoms with Crippen molar-refractivity contribution < 1.29 is 0 Å². The second-order valence-corrected chi connectivity index (χ2v) is 16.4. The van der Waals surface area contributed by atoms with Gasteiger partial charge < -0.3 is 4.40 Å². The first-order chi connectivity index (χ1) is 28.8. The van der Waals surface area contributed by atoms with Gasteiger partial charge in [-0.15, -0.1) is 11.3 Å². The summed E-state index contributed by atoms with van der Waals surface area (Å²) in [6.07, 6.45) is 0. The van der Waals surface area contributed by atoms with Gasteiger partial charge >= 0.3 is 0 Å². The fraction of sp³-hybridized carbons (Fsp3) is 0. The predicted molar refractivity (Wildman–Crippen MR) is 244 cm³/mol. The highest BCUT2D eigenvalue weighted by Gasteiger charge is 2.27. The molecule has 8 aromatic carbocycles. The zero-order chi connectivity index (χ0) is 37.6. The van der Waals surface area contributed by atoms with Crippen LogP contribution in [0.1, 0.15) is 0 Å². The maximum absolute atomic E-state index is 5.72. The van der Waals surface area contributed by atoms with E-state index in [0.717, 1.165) is 43.5 Å². The molecule has 0 N–H and O–H groups in total. The maximum atomic E-state index is 5.72. The molecule has 0 atom stereocenters. The highest BCUT2D eigenvalue weighted by molar-refractivity contribution is 7.26. The van der Waals surface area contributed by atoms with Crippen LogP contribution in [0.2, 0.25) is 0 Å². The lowest BCUT2D eigenvalue weighted by Gasteiger charge is -2.13. The molecule has 6 heterocycles. The summed E-state index contributed by atoms with van der Waals surface area (Å²) < 4.78 is 9.46. The molecule has 0 bridgehead atoms. The highest BCUT2D eigenvalue weighted by Crippen LogP contribution is 2.48. The summed E-state index contributed by atoms with van der Waals surface area (Å²) in [4.78, 5) is 11.2. The molecule has 0 unspecified atom stereocenters. The van der Waals surface area contributed by atoms with Crippen molar-refractivity contribution in [3.63, 3.8) is 0 Å². The summed E-state index contributed by atoms with van der Waals surface area (Å²) in [5.74, 6) is 1.55. The zero-order valence-electron chi connectivity index (χ0n) is 30.9. The van der Waals surface area contributed by atoms with E-state index in [2.05, 4.69) is 189 Å². The van der Waals surface area contributed by atoms with E-state index in [1.54, 1.807) is 11.3 Å². The van der Waals surface area contributed by atoms with E-state index in [9.17, 15) is 0 Å². The molecule has 14 rings (SSSR count). The Bertz CT molecular complexity index is 3980. The molecule has 0 aliphatic carbocycles. The second kappa shape index (κ2) is 11.1. The third-order valence-corrected chi connectivity index (χ3v) is 13.5. The standard InChI is InChI=1S/C52H29N5S/c1-2-14-30(15-3-1)31-26-27-44-37(28-31)39-29-38-34-18-6-11-23-42(34)57(49(38)46-35-19-7-12-24-43(35)55(44)48(39)46)51-50-47(36-20-8-13-25-45(36)58-50)53-52(54-51)56-40-21-9-4-16-32(40)33-17-5-10-22-41(33)56/h1-29H. The van der Waals surface area contributed by atoms with Gasteiger partial charge in [-0.2, -0.15) is 4.98 Å². The van der Waals surface area contributed by atoms with Gasteiger partial charge in [0, 0.05) is 53.2 Å². The molecule has 5 nitrogen and oxygen atoms in total. The number of hydrogen-bond acceptors (Lipinski definition) is 3. The number of para-hydroxylation sites is 4. The molecule has 14 aromatic rings. The number of thiophene rings is 1. The van der Waals surface area contributed by atoms with Crippen molar-refractivity contribution >= 4 is 113 Å². The minimum absolute atomic E-state index is 0.662. The third-order valence-electron chi connectivity index (χ3n) is 12.4. The van der Waals surface area contributed by atoms with Crippen LogP contribution in [0.25, 0.3) is 125 Å². The summed E-state index contributed by atoms with van der Waals surface area (Å²) in [5, 5.41) is 10.9. The summed E-state index contributed by atoms with van der Waals surface area (Å²) in [6.45, 7) is 0. The largest absolute Gasteiger partial charge is 0.308 e. The van der Waals surface area contributed by atoms with Gasteiger partial charge in [0.15, 0.2) is 5.82 Å². The smallest absolute Gasteiger partial charge is 0.237 e. The first kappa shape index (κ1) is 30.7. The van der Waals surface area contributed by atoms with Gasteiger partial charge in [-0.1, -0.05) is 127 Å². The number of rotatable bonds is 3. The van der Waals surface area contributed by atoms with Crippen molar-refractivity contribution in [2.24, 2.45) is 0 Å². The number of benzene rings is 8. The molecule has 0 radical (unpaired) electrons. The molecule has 0 amide bonds. The molecule has 0 spiro atoms. The van der Waals surface area contributed by atoms with Crippen LogP contribution < -0.4 is 0 Å². The first-order valence-corrected chi connectivity index (χ1v) is 20.5. The van der Waals surface area contributed by atoms with Gasteiger partial charge in [0.25, 0.3) is 0 Å². The molecule has 0 aliphatic heterocycles. The van der Waals surface area contributed by atoms with E-state index < -0.39 is 0 Å². The van der Waals surface area contributed by atoms with Crippen LogP contribution in [0.4, 0.5) is 0 Å². The Balaban J connectivity index is 1.19. The lowest BCUT2D eigenvalue weighted by molar-refractivity contribution is 0.977. The zero-order valence-corrected chi connectivity index (χ0v) is 31.7. The Morgan fingerprint density at radius 2 is 0.948 bits per heavy atom. The topological polar surface area (TPSA) is 40.0 Å². The van der Waals surface area contributed by atoms with Gasteiger partial charge in [-0.05, 0) is 59.7 Å². The Hall–Kier alpha value is -7.54. The summed E-state index contributed by atoms with van der Waals surface area (Å²) in [5.41, 5.74) is 11.5. The van der Waals surface area contributed by atoms with Crippen molar-refractivity contribution in [2.75, 3.05) is 0 Å². The normalized spacial score (nSPS) is 12.5. The quantitative estimate of drug-likeness (QED) is 0.180. The number of fused-ring (bicyclic) bond motifs is 16. The SMILES string of the molecule is c1ccc(-c2ccc3c(c2)c2cc4c5ccccc5n(-c5nc(-n6c7ccccc7c7ccccc76)nc6c5sc5ccccc56)c4c4c5ccccc5n3c24)cc1. The van der Waals surface area contributed by atoms with Crippen LogP contribution in [-0.2, 0) is 0 Å². The van der Waals surface area contributed by atoms with Gasteiger partial charge in [0.05, 0.1) is 48.8 Å². The van der Waals surface area contributed by atoms with E-state index in [0.29, 0.717) is 5.95 Å². The number of aromatic nitrogens is 5. The molecular weight excluding hydrogens is 727 g/mol. The molecule has 58 heavy (non-hydrogen) atoms. The van der Waals surface area contributed by atoms with Crippen molar-refractivity contribution in [2.45, 2.75) is 0 Å². The van der Waals surface area contributed by atoms with E-state index in [1.807, 2.05) is 0 Å². The van der Waals surface area contributed by atoms with Gasteiger partial charge in [-0.25, -0.2) is 4.98 Å². The summed E-state index contributed by atoms with van der Waals surface area (Å²) in [7, 11) is 0.